The van der Waals surface area contributed by atoms with Crippen molar-refractivity contribution in [3.8, 4) is 22.8 Å². The molecule has 1 aromatic carbocycles. The minimum atomic E-state index is -0.160. The predicted octanol–water partition coefficient (Wildman–Crippen LogP) is 2.45. The first-order valence-electron chi connectivity index (χ1n) is 11.0. The minimum absolute atomic E-state index is 0.0787. The zero-order chi connectivity index (χ0) is 23.1. The molecule has 0 radical (unpaired) electrons. The summed E-state index contributed by atoms with van der Waals surface area (Å²) in [6.45, 7) is 6.92. The molecule has 1 aliphatic heterocycles. The fourth-order valence-corrected chi connectivity index (χ4v) is 4.07. The maximum Gasteiger partial charge on any atom is 0.307 e. The number of ether oxygens (including phenoxy) is 2. The number of esters is 1. The highest BCUT2D eigenvalue weighted by atomic mass is 16.5. The van der Waals surface area contributed by atoms with E-state index in [-0.39, 0.29) is 17.8 Å². The molecule has 0 saturated carbocycles. The van der Waals surface area contributed by atoms with E-state index >= 15 is 0 Å². The number of nitrogens with zero attached hydrogens (tertiary/aromatic N) is 3. The maximum atomic E-state index is 11.7. The zero-order valence-corrected chi connectivity index (χ0v) is 19.1. The van der Waals surface area contributed by atoms with Gasteiger partial charge < -0.3 is 30.5 Å². The minimum Gasteiger partial charge on any atom is -0.507 e. The molecule has 1 aliphatic rings. The Kier molecular flexibility index (Phi) is 8.24. The van der Waals surface area contributed by atoms with Crippen LogP contribution >= 0.6 is 0 Å². The van der Waals surface area contributed by atoms with Gasteiger partial charge in [-0.15, -0.1) is 10.2 Å². The van der Waals surface area contributed by atoms with Crippen LogP contribution in [0.4, 0.5) is 5.82 Å². The molecule has 9 nitrogen and oxygen atoms in total. The van der Waals surface area contributed by atoms with Gasteiger partial charge in [-0.05, 0) is 50.9 Å². The third kappa shape index (κ3) is 5.66. The number of nitrogens with one attached hydrogen (secondary N) is 1. The van der Waals surface area contributed by atoms with Crippen LogP contribution in [0.2, 0.25) is 0 Å². The Balaban J connectivity index is 1.73. The number of carbonyl (C=O) groups is 1. The molecule has 1 atom stereocenters. The molecule has 0 spiro atoms. The van der Waals surface area contributed by atoms with Crippen LogP contribution in [0.1, 0.15) is 37.3 Å². The smallest absolute Gasteiger partial charge is 0.307 e. The van der Waals surface area contributed by atoms with Gasteiger partial charge in [0.05, 0.1) is 20.1 Å². The maximum absolute atomic E-state index is 11.7. The summed E-state index contributed by atoms with van der Waals surface area (Å²) in [6.07, 6.45) is 2.43. The lowest BCUT2D eigenvalue weighted by molar-refractivity contribution is -0.143. The van der Waals surface area contributed by atoms with Crippen molar-refractivity contribution in [3.63, 3.8) is 0 Å². The number of aromatic hydroxyl groups is 1. The number of phenols is 1. The molecule has 1 unspecified atom stereocenters. The summed E-state index contributed by atoms with van der Waals surface area (Å²) < 4.78 is 10.2. The lowest BCUT2D eigenvalue weighted by atomic mass is 10.0. The van der Waals surface area contributed by atoms with Crippen LogP contribution in [-0.4, -0.2) is 65.6 Å². The summed E-state index contributed by atoms with van der Waals surface area (Å²) in [5.74, 6) is 1.15. The second-order valence-corrected chi connectivity index (χ2v) is 7.93. The van der Waals surface area contributed by atoms with Crippen LogP contribution in [0.25, 0.3) is 11.3 Å². The summed E-state index contributed by atoms with van der Waals surface area (Å²) in [4.78, 5) is 13.9. The zero-order valence-electron chi connectivity index (χ0n) is 19.1. The first-order chi connectivity index (χ1) is 15.5. The molecule has 4 N–H and O–H groups in total. The number of hydrogen-bond acceptors (Lipinski definition) is 9. The van der Waals surface area contributed by atoms with Gasteiger partial charge in [0.15, 0.2) is 5.82 Å². The molecule has 3 rings (SSSR count). The Morgan fingerprint density at radius 1 is 1.38 bits per heavy atom. The number of methoxy groups -OCH3 is 1. The number of piperidine rings is 1. The van der Waals surface area contributed by atoms with Gasteiger partial charge in [-0.2, -0.15) is 0 Å². The summed E-state index contributed by atoms with van der Waals surface area (Å²) >= 11 is 0. The molecule has 0 amide bonds. The van der Waals surface area contributed by atoms with Crippen molar-refractivity contribution in [2.75, 3.05) is 38.7 Å². The molecule has 0 aliphatic carbocycles. The summed E-state index contributed by atoms with van der Waals surface area (Å²) in [5, 5.41) is 22.7. The van der Waals surface area contributed by atoms with Gasteiger partial charge in [0.1, 0.15) is 17.2 Å². The fourth-order valence-electron chi connectivity index (χ4n) is 4.07. The molecule has 2 aromatic rings. The Bertz CT molecular complexity index is 937. The van der Waals surface area contributed by atoms with Crippen molar-refractivity contribution in [3.05, 3.63) is 29.3 Å². The van der Waals surface area contributed by atoms with E-state index < -0.39 is 0 Å². The van der Waals surface area contributed by atoms with Crippen molar-refractivity contribution in [1.82, 2.24) is 15.1 Å². The second-order valence-electron chi connectivity index (χ2n) is 7.93. The van der Waals surface area contributed by atoms with Crippen molar-refractivity contribution in [2.24, 2.45) is 5.73 Å². The van der Waals surface area contributed by atoms with E-state index in [1.165, 1.54) is 0 Å². The molecule has 2 heterocycles. The first kappa shape index (κ1) is 23.7. The van der Waals surface area contributed by atoms with Gasteiger partial charge >= 0.3 is 5.97 Å². The Hall–Kier alpha value is -2.91. The molecular formula is C23H33N5O4. The number of hydrogen-bond donors (Lipinski definition) is 3. The highest BCUT2D eigenvalue weighted by Crippen LogP contribution is 2.35. The standard InChI is InChI=1S/C23H33N5O4/c1-4-32-21(30)9-11-28-10-5-6-16(14-28)25-23-19(13-24)15(2)22(26-27-23)18-8-7-17(31-3)12-20(18)29/h7-8,12,16,29H,4-6,9-11,13-14,24H2,1-3H3,(H,25,27). The summed E-state index contributed by atoms with van der Waals surface area (Å²) in [7, 11) is 1.55. The molecular weight excluding hydrogens is 410 g/mol. The number of nitrogens with two attached hydrogens (primary N) is 1. The number of benzene rings is 1. The molecule has 1 saturated heterocycles. The van der Waals surface area contributed by atoms with Gasteiger partial charge in [0.2, 0.25) is 0 Å². The number of phenolic OH excluding ortho intramolecular Hbond substituents is 1. The van der Waals surface area contributed by atoms with E-state index in [1.807, 2.05) is 13.8 Å². The highest BCUT2D eigenvalue weighted by molar-refractivity contribution is 5.73. The molecule has 1 aromatic heterocycles. The van der Waals surface area contributed by atoms with Crippen molar-refractivity contribution < 1.29 is 19.4 Å². The highest BCUT2D eigenvalue weighted by Gasteiger charge is 2.23. The Morgan fingerprint density at radius 3 is 2.88 bits per heavy atom. The van der Waals surface area contributed by atoms with E-state index in [4.69, 9.17) is 15.2 Å². The van der Waals surface area contributed by atoms with Crippen LogP contribution in [0, 0.1) is 6.92 Å². The van der Waals surface area contributed by atoms with Crippen molar-refractivity contribution in [2.45, 2.75) is 45.7 Å². The predicted molar refractivity (Wildman–Crippen MR) is 123 cm³/mol. The number of anilines is 1. The Morgan fingerprint density at radius 2 is 2.19 bits per heavy atom. The normalized spacial score (nSPS) is 16.6. The topological polar surface area (TPSA) is 123 Å². The second kappa shape index (κ2) is 11.1. The monoisotopic (exact) mass is 443 g/mol. The van der Waals surface area contributed by atoms with E-state index in [0.717, 1.165) is 37.1 Å². The third-order valence-electron chi connectivity index (χ3n) is 5.79. The fraction of sp³-hybridized carbons (Fsp3) is 0.522. The van der Waals surface area contributed by atoms with Gasteiger partial charge in [-0.25, -0.2) is 0 Å². The number of carbonyl (C=O) groups excluding carboxylic acids is 1. The molecule has 32 heavy (non-hydrogen) atoms. The van der Waals surface area contributed by atoms with E-state index in [9.17, 15) is 9.90 Å². The van der Waals surface area contributed by atoms with Gasteiger partial charge in [0, 0.05) is 42.9 Å². The van der Waals surface area contributed by atoms with Crippen molar-refractivity contribution in [1.29, 1.82) is 0 Å². The van der Waals surface area contributed by atoms with Gasteiger partial charge in [-0.3, -0.25) is 4.79 Å². The van der Waals surface area contributed by atoms with Gasteiger partial charge in [0.25, 0.3) is 0 Å². The average molecular weight is 444 g/mol. The lowest BCUT2D eigenvalue weighted by Crippen LogP contribution is -2.43. The number of rotatable bonds is 9. The van der Waals surface area contributed by atoms with Gasteiger partial charge in [-0.1, -0.05) is 0 Å². The SMILES string of the molecule is CCOC(=O)CCN1CCCC(Nc2nnc(-c3ccc(OC)cc3O)c(C)c2CN)C1. The largest absolute Gasteiger partial charge is 0.507 e. The average Bonchev–Trinajstić information content (AvgIpc) is 2.79. The third-order valence-corrected chi connectivity index (χ3v) is 5.79. The first-order valence-corrected chi connectivity index (χ1v) is 11.0. The van der Waals surface area contributed by atoms with Crippen molar-refractivity contribution >= 4 is 11.8 Å². The number of aromatic nitrogens is 2. The molecule has 0 bridgehead atoms. The molecule has 9 heteroatoms. The van der Waals surface area contributed by atoms with E-state index in [1.54, 1.807) is 25.3 Å². The lowest BCUT2D eigenvalue weighted by Gasteiger charge is -2.33. The van der Waals surface area contributed by atoms with Crippen LogP contribution in [0.5, 0.6) is 11.5 Å². The quantitative estimate of drug-likeness (QED) is 0.501. The summed E-state index contributed by atoms with van der Waals surface area (Å²) in [5.41, 5.74) is 8.99. The Labute approximate surface area is 188 Å². The van der Waals surface area contributed by atoms with Crippen LogP contribution in [0.15, 0.2) is 18.2 Å². The van der Waals surface area contributed by atoms with Crippen LogP contribution < -0.4 is 15.8 Å². The van der Waals surface area contributed by atoms with Crippen LogP contribution in [0.3, 0.4) is 0 Å². The number of likely N-dealkylation sites (tertiary alicyclic amines) is 1. The van der Waals surface area contributed by atoms with E-state index in [0.29, 0.717) is 48.9 Å². The van der Waals surface area contributed by atoms with Crippen LogP contribution in [-0.2, 0) is 16.1 Å². The summed E-state index contributed by atoms with van der Waals surface area (Å²) in [6, 6.07) is 5.28. The van der Waals surface area contributed by atoms with E-state index in [2.05, 4.69) is 20.4 Å². The molecule has 174 valence electrons. The molecule has 1 fully saturated rings.